The molecule has 0 spiro atoms. The van der Waals surface area contributed by atoms with Crippen molar-refractivity contribution in [3.8, 4) is 11.5 Å². The number of amides is 1. The zero-order chi connectivity index (χ0) is 29.5. The Morgan fingerprint density at radius 1 is 1.00 bits per heavy atom. The molecule has 1 aromatic heterocycles. The Kier molecular flexibility index (Phi) is 9.97. The molecule has 0 fully saturated rings. The molecule has 0 saturated heterocycles. The van der Waals surface area contributed by atoms with Crippen molar-refractivity contribution in [2.45, 2.75) is 65.6 Å². The van der Waals surface area contributed by atoms with Crippen molar-refractivity contribution in [3.63, 3.8) is 0 Å². The van der Waals surface area contributed by atoms with Crippen molar-refractivity contribution < 1.29 is 33.3 Å². The van der Waals surface area contributed by atoms with E-state index in [1.54, 1.807) is 37.8 Å². The van der Waals surface area contributed by atoms with Crippen LogP contribution in [-0.2, 0) is 27.1 Å². The standard InChI is InChI=1S/C29H36N2O8S/c1-28(2,3)38-26(34)31(14-12-19-8-7-9-21(18-19)36-17-16-32)15-13-20-10-11-22(23-24(20)40-25(33)30-23)37-27(35)39-29(4,5)6/h7-11,16,18H,12-15,17H2,1-6H3,(H,30,33)/p+1. The number of nitrogens with one attached hydrogen (secondary N) is 1. The van der Waals surface area contributed by atoms with Gasteiger partial charge in [0, 0.05) is 25.2 Å². The number of aromatic hydroxyl groups is 1. The molecular formula is C29H37N2O8S+. The lowest BCUT2D eigenvalue weighted by Crippen LogP contribution is -2.39. The molecule has 1 heterocycles. The van der Waals surface area contributed by atoms with Crippen LogP contribution in [0, 0.1) is 0 Å². The van der Waals surface area contributed by atoms with E-state index in [9.17, 15) is 19.2 Å². The van der Waals surface area contributed by atoms with E-state index in [0.717, 1.165) is 28.7 Å². The number of benzene rings is 2. The highest BCUT2D eigenvalue weighted by Gasteiger charge is 2.24. The summed E-state index contributed by atoms with van der Waals surface area (Å²) in [5, 5.41) is 0. The molecular weight excluding hydrogens is 536 g/mol. The number of hydrogen-bond donors (Lipinski definition) is 1. The number of rotatable bonds is 10. The summed E-state index contributed by atoms with van der Waals surface area (Å²) in [5.74, 6) is 0.891. The van der Waals surface area contributed by atoms with E-state index in [1.807, 2.05) is 45.0 Å². The van der Waals surface area contributed by atoms with Gasteiger partial charge in [0.1, 0.15) is 16.7 Å². The molecule has 216 valence electrons. The summed E-state index contributed by atoms with van der Waals surface area (Å²) in [6.45, 7) is 11.4. The molecule has 0 radical (unpaired) electrons. The van der Waals surface area contributed by atoms with Gasteiger partial charge in [-0.2, -0.15) is 0 Å². The van der Waals surface area contributed by atoms with Crippen LogP contribution < -0.4 is 9.61 Å². The smallest absolute Gasteiger partial charge is 0.514 e. The first-order chi connectivity index (χ1) is 18.7. The molecule has 0 aliphatic rings. The third-order valence-electron chi connectivity index (χ3n) is 5.44. The lowest BCUT2D eigenvalue weighted by molar-refractivity contribution is -0.114. The number of fused-ring (bicyclic) bond motifs is 1. The SMILES string of the molecule is CC(C)(C)OC(=O)Oc1ccc(CCN(CCc2cccc([OH+]CC=O)c2)C(=O)OC(C)(C)C)c2sc(=O)[nH]c12. The van der Waals surface area contributed by atoms with Gasteiger partial charge >= 0.3 is 17.1 Å². The van der Waals surface area contributed by atoms with E-state index in [2.05, 4.69) is 9.72 Å². The fourth-order valence-corrected chi connectivity index (χ4v) is 4.69. The molecule has 2 N–H and O–H groups in total. The van der Waals surface area contributed by atoms with Gasteiger partial charge in [0.05, 0.1) is 4.70 Å². The molecule has 0 saturated carbocycles. The highest BCUT2D eigenvalue weighted by Crippen LogP contribution is 2.30. The van der Waals surface area contributed by atoms with Gasteiger partial charge in [-0.3, -0.25) is 9.59 Å². The largest absolute Gasteiger partial charge is 0.578 e. The highest BCUT2D eigenvalue weighted by atomic mass is 32.1. The van der Waals surface area contributed by atoms with Crippen LogP contribution in [0.4, 0.5) is 9.59 Å². The van der Waals surface area contributed by atoms with Gasteiger partial charge < -0.3 is 28.8 Å². The minimum Gasteiger partial charge on any atom is -0.578 e. The summed E-state index contributed by atoms with van der Waals surface area (Å²) in [5.41, 5.74) is 0.790. The van der Waals surface area contributed by atoms with Crippen LogP contribution in [0.15, 0.2) is 41.2 Å². The monoisotopic (exact) mass is 573 g/mol. The van der Waals surface area contributed by atoms with Crippen LogP contribution in [-0.4, -0.2) is 64.1 Å². The number of hydrogen-bond acceptors (Lipinski definition) is 8. The quantitative estimate of drug-likeness (QED) is 0.150. The van der Waals surface area contributed by atoms with Gasteiger partial charge in [0.25, 0.3) is 5.75 Å². The van der Waals surface area contributed by atoms with Gasteiger partial charge in [0.15, 0.2) is 5.75 Å². The molecule has 0 unspecified atom stereocenters. The molecule has 1 amide bonds. The Labute approximate surface area is 237 Å². The van der Waals surface area contributed by atoms with E-state index in [0.29, 0.717) is 41.9 Å². The highest BCUT2D eigenvalue weighted by molar-refractivity contribution is 7.16. The Morgan fingerprint density at radius 3 is 2.38 bits per heavy atom. The van der Waals surface area contributed by atoms with Crippen molar-refractivity contribution in [2.75, 3.05) is 19.7 Å². The van der Waals surface area contributed by atoms with Crippen molar-refractivity contribution >= 4 is 40.1 Å². The zero-order valence-electron chi connectivity index (χ0n) is 23.7. The van der Waals surface area contributed by atoms with Crippen LogP contribution in [0.2, 0.25) is 0 Å². The van der Waals surface area contributed by atoms with E-state index in [1.165, 1.54) is 0 Å². The second kappa shape index (κ2) is 13.0. The fourth-order valence-electron chi connectivity index (χ4n) is 3.80. The molecule has 3 rings (SSSR count). The fraction of sp³-hybridized carbons (Fsp3) is 0.448. The lowest BCUT2D eigenvalue weighted by Gasteiger charge is -2.27. The Morgan fingerprint density at radius 2 is 1.70 bits per heavy atom. The first-order valence-electron chi connectivity index (χ1n) is 13.0. The number of thiazole rings is 1. The normalized spacial score (nSPS) is 11.7. The van der Waals surface area contributed by atoms with Crippen molar-refractivity contribution in [1.29, 1.82) is 0 Å². The number of carbonyl (C=O) groups excluding carboxylic acids is 3. The maximum absolute atomic E-state index is 13.1. The first kappa shape index (κ1) is 30.7. The van der Waals surface area contributed by atoms with Crippen LogP contribution in [0.1, 0.15) is 52.7 Å². The predicted octanol–water partition coefficient (Wildman–Crippen LogP) is 5.37. The molecule has 0 aliphatic carbocycles. The second-order valence-corrected chi connectivity index (χ2v) is 12.1. The molecule has 10 nitrogen and oxygen atoms in total. The maximum atomic E-state index is 13.1. The van der Waals surface area contributed by atoms with Gasteiger partial charge in [-0.05, 0) is 71.6 Å². The molecule has 0 bridgehead atoms. The molecule has 0 aliphatic heterocycles. The molecule has 2 aromatic carbocycles. The predicted molar refractivity (Wildman–Crippen MR) is 154 cm³/mol. The van der Waals surface area contributed by atoms with Crippen LogP contribution >= 0.6 is 11.3 Å². The van der Waals surface area contributed by atoms with Crippen LogP contribution in [0.3, 0.4) is 0 Å². The summed E-state index contributed by atoms with van der Waals surface area (Å²) in [7, 11) is 0. The number of carbonyl (C=O) groups is 3. The maximum Gasteiger partial charge on any atom is 0.514 e. The van der Waals surface area contributed by atoms with Gasteiger partial charge in [-0.15, -0.1) is 0 Å². The van der Waals surface area contributed by atoms with E-state index in [4.69, 9.17) is 14.2 Å². The zero-order valence-corrected chi connectivity index (χ0v) is 24.6. The minimum absolute atomic E-state index is 0.0920. The van der Waals surface area contributed by atoms with Crippen molar-refractivity contribution in [1.82, 2.24) is 9.88 Å². The van der Waals surface area contributed by atoms with E-state index < -0.39 is 23.5 Å². The van der Waals surface area contributed by atoms with E-state index >= 15 is 0 Å². The van der Waals surface area contributed by atoms with Crippen molar-refractivity contribution in [2.24, 2.45) is 0 Å². The third kappa shape index (κ3) is 9.41. The van der Waals surface area contributed by atoms with Gasteiger partial charge in [-0.25, -0.2) is 9.59 Å². The Balaban J connectivity index is 1.78. The number of nitrogens with zero attached hydrogens (tertiary/aromatic N) is 1. The molecule has 0 atom stereocenters. The Hall–Kier alpha value is -3.86. The number of aromatic nitrogens is 1. The number of ether oxygens (including phenoxy) is 4. The Bertz CT molecular complexity index is 1400. The minimum atomic E-state index is -0.868. The molecule has 3 aromatic rings. The van der Waals surface area contributed by atoms with Crippen LogP contribution in [0.5, 0.6) is 11.5 Å². The summed E-state index contributed by atoms with van der Waals surface area (Å²) in [6.07, 6.45) is 0.417. The summed E-state index contributed by atoms with van der Waals surface area (Å²) in [6, 6.07) is 10.9. The van der Waals surface area contributed by atoms with Crippen molar-refractivity contribution in [3.05, 3.63) is 57.2 Å². The summed E-state index contributed by atoms with van der Waals surface area (Å²) in [4.78, 5) is 52.3. The number of aldehydes is 1. The second-order valence-electron chi connectivity index (χ2n) is 11.2. The lowest BCUT2D eigenvalue weighted by atomic mass is 10.1. The average Bonchev–Trinajstić information content (AvgIpc) is 3.23. The number of H-pyrrole nitrogens is 1. The molecule has 40 heavy (non-hydrogen) atoms. The average molecular weight is 574 g/mol. The van der Waals surface area contributed by atoms with Gasteiger partial charge in [-0.1, -0.05) is 29.5 Å². The summed E-state index contributed by atoms with van der Waals surface area (Å²) >= 11 is 1.01. The number of aliphatic hydroxyl groups is 1. The summed E-state index contributed by atoms with van der Waals surface area (Å²) < 4.78 is 21.1. The van der Waals surface area contributed by atoms with Gasteiger partial charge in [0.2, 0.25) is 12.9 Å². The number of aromatic amines is 1. The van der Waals surface area contributed by atoms with Crippen LogP contribution in [0.25, 0.3) is 10.2 Å². The topological polar surface area (TPSA) is 128 Å². The molecule has 11 heteroatoms. The third-order valence-corrected chi connectivity index (χ3v) is 6.40. The first-order valence-corrected chi connectivity index (χ1v) is 13.8. The van der Waals surface area contributed by atoms with E-state index in [-0.39, 0.29) is 17.2 Å².